The zero-order chi connectivity index (χ0) is 29.8. The van der Waals surface area contributed by atoms with Crippen LogP contribution in [0.1, 0.15) is 50.5 Å². The first-order chi connectivity index (χ1) is 19.7. The first-order valence-electron chi connectivity index (χ1n) is 14.1. The maximum absolute atomic E-state index is 13.4. The molecule has 1 aliphatic rings. The van der Waals surface area contributed by atoms with Gasteiger partial charge in [-0.2, -0.15) is 0 Å². The fourth-order valence-electron chi connectivity index (χ4n) is 5.14. The van der Waals surface area contributed by atoms with Gasteiger partial charge in [0.2, 0.25) is 23.6 Å². The summed E-state index contributed by atoms with van der Waals surface area (Å²) in [7, 11) is 0. The van der Waals surface area contributed by atoms with Crippen LogP contribution in [0.15, 0.2) is 47.5 Å². The molecule has 1 heterocycles. The molecule has 222 valence electrons. The Hall–Kier alpha value is -4.19. The number of amides is 4. The van der Waals surface area contributed by atoms with E-state index in [2.05, 4.69) is 15.6 Å². The zero-order valence-corrected chi connectivity index (χ0v) is 23.4. The molecule has 3 rings (SSSR count). The molecule has 0 saturated carbocycles. The number of guanidine groups is 1. The summed E-state index contributed by atoms with van der Waals surface area (Å²) in [5.74, 6) is -1.82. The molecule has 0 bridgehead atoms. The molecule has 0 aromatic heterocycles. The number of fused-ring (bicyclic) bond motifs is 1. The lowest BCUT2D eigenvalue weighted by molar-refractivity contribution is -0.139. The minimum atomic E-state index is -0.948. The van der Waals surface area contributed by atoms with Crippen LogP contribution in [0.4, 0.5) is 0 Å². The number of likely N-dealkylation sites (tertiary alicyclic amines) is 1. The highest BCUT2D eigenvalue weighted by Crippen LogP contribution is 2.23. The number of hydrogen-bond donors (Lipinski definition) is 6. The maximum Gasteiger partial charge on any atom is 0.243 e. The second kappa shape index (κ2) is 15.6. The monoisotopic (exact) mass is 566 g/mol. The van der Waals surface area contributed by atoms with E-state index in [1.807, 2.05) is 42.5 Å². The average molecular weight is 567 g/mol. The van der Waals surface area contributed by atoms with Crippen molar-refractivity contribution in [2.75, 3.05) is 19.6 Å². The van der Waals surface area contributed by atoms with Gasteiger partial charge in [-0.3, -0.25) is 24.2 Å². The first kappa shape index (κ1) is 31.3. The first-order valence-corrected chi connectivity index (χ1v) is 14.1. The van der Waals surface area contributed by atoms with Crippen LogP contribution in [0, 0.1) is 0 Å². The Morgan fingerprint density at radius 3 is 2.39 bits per heavy atom. The Morgan fingerprint density at radius 1 is 0.927 bits per heavy atom. The second-order valence-corrected chi connectivity index (χ2v) is 10.3. The van der Waals surface area contributed by atoms with Gasteiger partial charge in [0.1, 0.15) is 18.1 Å². The van der Waals surface area contributed by atoms with Crippen molar-refractivity contribution in [3.63, 3.8) is 0 Å². The number of nitrogens with two attached hydrogens (primary N) is 4. The normalized spacial score (nSPS) is 16.1. The molecule has 1 aliphatic heterocycles. The summed E-state index contributed by atoms with van der Waals surface area (Å²) >= 11 is 0. The number of benzene rings is 2. The third kappa shape index (κ3) is 9.17. The fraction of sp³-hybridized carbons (Fsp3) is 0.483. The van der Waals surface area contributed by atoms with Gasteiger partial charge < -0.3 is 38.5 Å². The van der Waals surface area contributed by atoms with E-state index in [1.165, 1.54) is 0 Å². The Bertz CT molecular complexity index is 1240. The van der Waals surface area contributed by atoms with Crippen LogP contribution in [-0.4, -0.2) is 72.2 Å². The highest BCUT2D eigenvalue weighted by atomic mass is 16.2. The summed E-state index contributed by atoms with van der Waals surface area (Å²) < 4.78 is 0. The molecule has 10 N–H and O–H groups in total. The van der Waals surface area contributed by atoms with E-state index in [0.29, 0.717) is 51.6 Å². The van der Waals surface area contributed by atoms with Crippen molar-refractivity contribution in [2.24, 2.45) is 27.9 Å². The van der Waals surface area contributed by atoms with Gasteiger partial charge in [-0.05, 0) is 67.8 Å². The van der Waals surface area contributed by atoms with Crippen molar-refractivity contribution < 1.29 is 19.2 Å². The number of carbonyl (C=O) groups is 4. The number of rotatable bonds is 15. The summed E-state index contributed by atoms with van der Waals surface area (Å²) in [4.78, 5) is 57.5. The Morgan fingerprint density at radius 2 is 1.66 bits per heavy atom. The molecular weight excluding hydrogens is 524 g/mol. The largest absolute Gasteiger partial charge is 0.370 e. The number of nitrogens with zero attached hydrogens (tertiary/aromatic N) is 2. The molecule has 1 saturated heterocycles. The number of nitrogens with one attached hydrogen (secondary N) is 2. The van der Waals surface area contributed by atoms with Gasteiger partial charge in [-0.1, -0.05) is 42.5 Å². The van der Waals surface area contributed by atoms with E-state index < -0.39 is 35.8 Å². The summed E-state index contributed by atoms with van der Waals surface area (Å²) in [5.41, 5.74) is 22.7. The Balaban J connectivity index is 1.67. The number of carbonyl (C=O) groups excluding carboxylic acids is 4. The lowest BCUT2D eigenvalue weighted by atomic mass is 10.0. The molecule has 4 amide bonds. The molecule has 12 nitrogen and oxygen atoms in total. The lowest BCUT2D eigenvalue weighted by Gasteiger charge is -2.27. The van der Waals surface area contributed by atoms with Gasteiger partial charge in [0, 0.05) is 13.1 Å². The Labute approximate surface area is 240 Å². The molecule has 2 aromatic rings. The van der Waals surface area contributed by atoms with Crippen molar-refractivity contribution in [2.45, 2.75) is 69.5 Å². The van der Waals surface area contributed by atoms with Crippen molar-refractivity contribution in [3.8, 4) is 0 Å². The third-order valence-electron chi connectivity index (χ3n) is 7.28. The lowest BCUT2D eigenvalue weighted by Crippen LogP contribution is -2.56. The van der Waals surface area contributed by atoms with Crippen molar-refractivity contribution in [1.29, 1.82) is 0 Å². The van der Waals surface area contributed by atoms with Gasteiger partial charge in [-0.25, -0.2) is 0 Å². The highest BCUT2D eigenvalue weighted by Gasteiger charge is 2.36. The molecule has 0 spiro atoms. The highest BCUT2D eigenvalue weighted by molar-refractivity contribution is 5.95. The summed E-state index contributed by atoms with van der Waals surface area (Å²) in [5, 5.41) is 7.54. The van der Waals surface area contributed by atoms with Crippen LogP contribution in [0.3, 0.4) is 0 Å². The molecule has 0 aliphatic carbocycles. The number of primary amides is 1. The predicted molar refractivity (Wildman–Crippen MR) is 158 cm³/mol. The number of hydrogen-bond acceptors (Lipinski definition) is 6. The van der Waals surface area contributed by atoms with Crippen LogP contribution in [0.25, 0.3) is 10.8 Å². The zero-order valence-electron chi connectivity index (χ0n) is 23.4. The minimum Gasteiger partial charge on any atom is -0.370 e. The van der Waals surface area contributed by atoms with E-state index in [1.54, 1.807) is 4.90 Å². The molecular formula is C29H42N8O4. The Kier molecular flexibility index (Phi) is 11.9. The molecule has 12 heteroatoms. The van der Waals surface area contributed by atoms with Crippen LogP contribution >= 0.6 is 0 Å². The van der Waals surface area contributed by atoms with Crippen molar-refractivity contribution >= 4 is 40.4 Å². The number of aliphatic imine (C=N–C) groups is 1. The molecule has 2 aromatic carbocycles. The molecule has 0 radical (unpaired) electrons. The minimum absolute atomic E-state index is 0.0658. The molecule has 3 unspecified atom stereocenters. The van der Waals surface area contributed by atoms with Crippen molar-refractivity contribution in [3.05, 3.63) is 48.0 Å². The van der Waals surface area contributed by atoms with E-state index >= 15 is 0 Å². The van der Waals surface area contributed by atoms with Gasteiger partial charge in [0.25, 0.3) is 0 Å². The summed E-state index contributed by atoms with van der Waals surface area (Å²) in [6.07, 6.45) is 3.59. The summed E-state index contributed by atoms with van der Waals surface area (Å²) in [6, 6.07) is 11.2. The van der Waals surface area contributed by atoms with Crippen LogP contribution in [0.5, 0.6) is 0 Å². The van der Waals surface area contributed by atoms with E-state index in [9.17, 15) is 19.2 Å². The standard InChI is InChI=1S/C29H42N8O4/c30-15-4-3-12-23(27(40)35-22(26(31)39)13-6-16-34-29(32)33)36-28(41)24-14-7-17-37(24)25(38)18-20-10-5-9-19-8-1-2-11-21(19)20/h1-2,5,8-11,22-24H,3-4,6-7,12-18,30H2,(H2,31,39)(H,35,40)(H,36,41)(H4,32,33,34). The summed E-state index contributed by atoms with van der Waals surface area (Å²) in [6.45, 7) is 1.18. The van der Waals surface area contributed by atoms with Crippen LogP contribution in [0.2, 0.25) is 0 Å². The second-order valence-electron chi connectivity index (χ2n) is 10.3. The van der Waals surface area contributed by atoms with Gasteiger partial charge in [-0.15, -0.1) is 0 Å². The quantitative estimate of drug-likeness (QED) is 0.0986. The molecule has 3 atom stereocenters. The van der Waals surface area contributed by atoms with E-state index in [0.717, 1.165) is 16.3 Å². The van der Waals surface area contributed by atoms with Gasteiger partial charge >= 0.3 is 0 Å². The van der Waals surface area contributed by atoms with Crippen LogP contribution in [-0.2, 0) is 25.6 Å². The van der Waals surface area contributed by atoms with Crippen molar-refractivity contribution in [1.82, 2.24) is 15.5 Å². The third-order valence-corrected chi connectivity index (χ3v) is 7.28. The topological polar surface area (TPSA) is 212 Å². The number of unbranched alkanes of at least 4 members (excludes halogenated alkanes) is 1. The average Bonchev–Trinajstić information content (AvgIpc) is 3.44. The smallest absolute Gasteiger partial charge is 0.243 e. The van der Waals surface area contributed by atoms with Gasteiger partial charge in [0.05, 0.1) is 6.42 Å². The van der Waals surface area contributed by atoms with Gasteiger partial charge in [0.15, 0.2) is 5.96 Å². The van der Waals surface area contributed by atoms with E-state index in [-0.39, 0.29) is 31.3 Å². The fourth-order valence-corrected chi connectivity index (χ4v) is 5.14. The van der Waals surface area contributed by atoms with E-state index in [4.69, 9.17) is 22.9 Å². The molecule has 41 heavy (non-hydrogen) atoms. The maximum atomic E-state index is 13.4. The predicted octanol–water partition coefficient (Wildman–Crippen LogP) is 0.0108. The molecule has 1 fully saturated rings. The SMILES string of the molecule is NCCCCC(NC(=O)C1CCCN1C(=O)Cc1cccc2ccccc12)C(=O)NC(CCCN=C(N)N)C(N)=O. The van der Waals surface area contributed by atoms with Crippen LogP contribution < -0.4 is 33.6 Å².